The Morgan fingerprint density at radius 3 is 3.00 bits per heavy atom. The van der Waals surface area contributed by atoms with Crippen molar-refractivity contribution in [2.75, 3.05) is 0 Å². The van der Waals surface area contributed by atoms with Crippen LogP contribution in [0.2, 0.25) is 5.22 Å². The molecule has 0 aliphatic carbocycles. The first kappa shape index (κ1) is 8.07. The molecule has 0 aliphatic rings. The molecule has 0 unspecified atom stereocenters. The zero-order valence-corrected chi connectivity index (χ0v) is 7.08. The van der Waals surface area contributed by atoms with Gasteiger partial charge in [-0.05, 0) is 23.7 Å². The summed E-state index contributed by atoms with van der Waals surface area (Å²) in [6.07, 6.45) is 0. The monoisotopic (exact) mass is 197 g/mol. The number of carboxylic acids is 1. The fourth-order valence-corrected chi connectivity index (χ4v) is 1.20. The molecule has 0 atom stereocenters. The van der Waals surface area contributed by atoms with Gasteiger partial charge in [0.2, 0.25) is 5.71 Å². The third-order valence-corrected chi connectivity index (χ3v) is 1.76. The van der Waals surface area contributed by atoms with Crippen LogP contribution < -0.4 is 0 Å². The topological polar surface area (TPSA) is 63.3 Å². The van der Waals surface area contributed by atoms with Crippen molar-refractivity contribution in [2.45, 2.75) is 0 Å². The van der Waals surface area contributed by atoms with Crippen molar-refractivity contribution < 1.29 is 14.3 Å². The van der Waals surface area contributed by atoms with Crippen molar-refractivity contribution in [1.82, 2.24) is 4.98 Å². The number of carboxylic acid groups (broad SMARTS) is 1. The second kappa shape index (κ2) is 2.74. The van der Waals surface area contributed by atoms with Crippen LogP contribution in [0.1, 0.15) is 10.5 Å². The summed E-state index contributed by atoms with van der Waals surface area (Å²) in [6, 6.07) is 4.58. The van der Waals surface area contributed by atoms with Gasteiger partial charge in [-0.3, -0.25) is 0 Å². The van der Waals surface area contributed by atoms with E-state index in [1.54, 1.807) is 12.1 Å². The average Bonchev–Trinajstić information content (AvgIpc) is 2.42. The van der Waals surface area contributed by atoms with Crippen LogP contribution >= 0.6 is 11.6 Å². The molecule has 0 saturated heterocycles. The molecule has 0 radical (unpaired) electrons. The zero-order chi connectivity index (χ0) is 9.42. The van der Waals surface area contributed by atoms with Gasteiger partial charge in [0, 0.05) is 11.5 Å². The third kappa shape index (κ3) is 1.36. The van der Waals surface area contributed by atoms with Gasteiger partial charge >= 0.3 is 5.97 Å². The van der Waals surface area contributed by atoms with E-state index in [0.29, 0.717) is 5.39 Å². The number of carbonyl (C=O) groups is 1. The molecule has 0 amide bonds. The summed E-state index contributed by atoms with van der Waals surface area (Å²) in [5.41, 5.74) is 0.184. The molecule has 2 aromatic heterocycles. The van der Waals surface area contributed by atoms with Gasteiger partial charge in [0.1, 0.15) is 0 Å². The number of fused-ring (bicyclic) bond motifs is 1. The summed E-state index contributed by atoms with van der Waals surface area (Å²) < 4.78 is 4.95. The van der Waals surface area contributed by atoms with Crippen LogP contribution in [0.4, 0.5) is 0 Å². The summed E-state index contributed by atoms with van der Waals surface area (Å²) in [6.45, 7) is 0. The van der Waals surface area contributed by atoms with E-state index in [-0.39, 0.29) is 16.6 Å². The van der Waals surface area contributed by atoms with Crippen LogP contribution in [0.3, 0.4) is 0 Å². The van der Waals surface area contributed by atoms with E-state index >= 15 is 0 Å². The minimum absolute atomic E-state index is 0.0569. The average molecular weight is 198 g/mol. The number of aromatic nitrogens is 1. The zero-order valence-electron chi connectivity index (χ0n) is 6.32. The van der Waals surface area contributed by atoms with Crippen molar-refractivity contribution in [3.05, 3.63) is 29.1 Å². The molecule has 2 rings (SSSR count). The number of halogens is 1. The van der Waals surface area contributed by atoms with E-state index in [2.05, 4.69) is 4.98 Å². The molecular formula is C8H4ClNO3. The first-order valence-corrected chi connectivity index (χ1v) is 3.84. The number of rotatable bonds is 1. The second-order valence-electron chi connectivity index (χ2n) is 2.45. The molecular weight excluding hydrogens is 194 g/mol. The van der Waals surface area contributed by atoms with Crippen LogP contribution in [0.15, 0.2) is 22.6 Å². The van der Waals surface area contributed by atoms with E-state index in [1.807, 2.05) is 0 Å². The molecule has 0 aromatic carbocycles. The van der Waals surface area contributed by atoms with Gasteiger partial charge in [-0.2, -0.15) is 0 Å². The first-order chi connectivity index (χ1) is 6.16. The minimum atomic E-state index is -1.09. The number of pyridine rings is 1. The van der Waals surface area contributed by atoms with Crippen LogP contribution in [0.25, 0.3) is 11.1 Å². The van der Waals surface area contributed by atoms with Gasteiger partial charge in [0.25, 0.3) is 0 Å². The molecule has 4 nitrogen and oxygen atoms in total. The molecule has 0 spiro atoms. The lowest BCUT2D eigenvalue weighted by Crippen LogP contribution is -1.98. The summed E-state index contributed by atoms with van der Waals surface area (Å²) in [5, 5.41) is 9.50. The Bertz CT molecular complexity index is 477. The highest BCUT2D eigenvalue weighted by Crippen LogP contribution is 2.21. The van der Waals surface area contributed by atoms with Crippen LogP contribution in [-0.2, 0) is 0 Å². The van der Waals surface area contributed by atoms with E-state index < -0.39 is 5.97 Å². The Morgan fingerprint density at radius 1 is 1.54 bits per heavy atom. The highest BCUT2D eigenvalue weighted by Gasteiger charge is 2.08. The predicted octanol–water partition coefficient (Wildman–Crippen LogP) is 2.18. The number of hydrogen-bond donors (Lipinski definition) is 1. The Kier molecular flexibility index (Phi) is 1.70. The fourth-order valence-electron chi connectivity index (χ4n) is 1.01. The maximum atomic E-state index is 10.5. The van der Waals surface area contributed by atoms with E-state index in [9.17, 15) is 4.79 Å². The Labute approximate surface area is 77.8 Å². The molecule has 0 bridgehead atoms. The molecule has 0 saturated carbocycles. The lowest BCUT2D eigenvalue weighted by molar-refractivity contribution is 0.0690. The van der Waals surface area contributed by atoms with Gasteiger partial charge < -0.3 is 9.52 Å². The lowest BCUT2D eigenvalue weighted by Gasteiger charge is -1.91. The second-order valence-corrected chi connectivity index (χ2v) is 2.82. The highest BCUT2D eigenvalue weighted by molar-refractivity contribution is 6.29. The van der Waals surface area contributed by atoms with Crippen LogP contribution in [0, 0.1) is 0 Å². The maximum absolute atomic E-state index is 10.5. The van der Waals surface area contributed by atoms with Gasteiger partial charge in [-0.15, -0.1) is 0 Å². The molecule has 13 heavy (non-hydrogen) atoms. The smallest absolute Gasteiger partial charge is 0.354 e. The van der Waals surface area contributed by atoms with Gasteiger partial charge in [0.05, 0.1) is 0 Å². The molecule has 0 fully saturated rings. The number of furan rings is 1. The van der Waals surface area contributed by atoms with Crippen molar-refractivity contribution >= 4 is 28.7 Å². The Hall–Kier alpha value is -1.55. The number of hydrogen-bond acceptors (Lipinski definition) is 3. The van der Waals surface area contributed by atoms with Gasteiger partial charge in [-0.25, -0.2) is 9.78 Å². The van der Waals surface area contributed by atoms with Crippen molar-refractivity contribution in [3.63, 3.8) is 0 Å². The summed E-state index contributed by atoms with van der Waals surface area (Å²) >= 11 is 5.56. The molecule has 0 aliphatic heterocycles. The lowest BCUT2D eigenvalue weighted by atomic mass is 10.3. The molecule has 2 heterocycles. The van der Waals surface area contributed by atoms with Crippen molar-refractivity contribution in [1.29, 1.82) is 0 Å². The maximum Gasteiger partial charge on any atom is 0.354 e. The van der Waals surface area contributed by atoms with Crippen molar-refractivity contribution in [3.8, 4) is 0 Å². The fraction of sp³-hybridized carbons (Fsp3) is 0. The van der Waals surface area contributed by atoms with E-state index in [0.717, 1.165) is 0 Å². The summed E-state index contributed by atoms with van der Waals surface area (Å²) in [4.78, 5) is 14.3. The largest absolute Gasteiger partial charge is 0.477 e. The van der Waals surface area contributed by atoms with Crippen molar-refractivity contribution in [2.24, 2.45) is 0 Å². The molecule has 2 aromatic rings. The molecule has 66 valence electrons. The quantitative estimate of drug-likeness (QED) is 0.761. The molecule has 1 N–H and O–H groups in total. The first-order valence-electron chi connectivity index (χ1n) is 3.46. The third-order valence-electron chi connectivity index (χ3n) is 1.57. The van der Waals surface area contributed by atoms with E-state index in [1.165, 1.54) is 6.07 Å². The standard InChI is InChI=1S/C8H4ClNO3/c9-6-3-4-1-2-5(8(11)12)10-7(4)13-6/h1-3H,(H,11,12). The summed E-state index contributed by atoms with van der Waals surface area (Å²) in [5.74, 6) is -1.09. The van der Waals surface area contributed by atoms with Gasteiger partial charge in [-0.1, -0.05) is 0 Å². The number of nitrogens with zero attached hydrogens (tertiary/aromatic N) is 1. The Morgan fingerprint density at radius 2 is 2.31 bits per heavy atom. The minimum Gasteiger partial charge on any atom is -0.477 e. The van der Waals surface area contributed by atoms with Crippen LogP contribution in [-0.4, -0.2) is 16.1 Å². The normalized spacial score (nSPS) is 10.5. The summed E-state index contributed by atoms with van der Waals surface area (Å²) in [7, 11) is 0. The van der Waals surface area contributed by atoms with Crippen LogP contribution in [0.5, 0.6) is 0 Å². The van der Waals surface area contributed by atoms with E-state index in [4.69, 9.17) is 21.1 Å². The number of aromatic carboxylic acids is 1. The van der Waals surface area contributed by atoms with Gasteiger partial charge in [0.15, 0.2) is 10.9 Å². The predicted molar refractivity (Wildman–Crippen MR) is 46.0 cm³/mol. The SMILES string of the molecule is O=C(O)c1ccc2cc(Cl)oc2n1. The Balaban J connectivity index is 2.67. The highest BCUT2D eigenvalue weighted by atomic mass is 35.5. The molecule has 5 heteroatoms.